The van der Waals surface area contributed by atoms with Crippen LogP contribution in [0.2, 0.25) is 0 Å². The Morgan fingerprint density at radius 1 is 0.864 bits per heavy atom. The van der Waals surface area contributed by atoms with Crippen LogP contribution in [-0.4, -0.2) is 34.2 Å². The van der Waals surface area contributed by atoms with Gasteiger partial charge in [0.15, 0.2) is 0 Å². The minimum atomic E-state index is 0.100. The van der Waals surface area contributed by atoms with Crippen LogP contribution in [0.5, 0.6) is 0 Å². The molecular weight excluding hydrogens is 272 g/mol. The summed E-state index contributed by atoms with van der Waals surface area (Å²) in [6.07, 6.45) is 2.68. The van der Waals surface area contributed by atoms with E-state index < -0.39 is 0 Å². The van der Waals surface area contributed by atoms with Crippen LogP contribution in [0.3, 0.4) is 0 Å². The van der Waals surface area contributed by atoms with Gasteiger partial charge in [-0.3, -0.25) is 0 Å². The maximum absolute atomic E-state index is 9.41. The summed E-state index contributed by atoms with van der Waals surface area (Å²) in [5, 5.41) is 11.9. The van der Waals surface area contributed by atoms with Crippen molar-refractivity contribution < 1.29 is 5.11 Å². The van der Waals surface area contributed by atoms with Crippen LogP contribution in [0, 0.1) is 0 Å². The van der Waals surface area contributed by atoms with Crippen molar-refractivity contribution in [3.63, 3.8) is 0 Å². The lowest BCUT2D eigenvalue weighted by molar-refractivity contribution is 0.282. The summed E-state index contributed by atoms with van der Waals surface area (Å²) in [6, 6.07) is 14.9. The van der Waals surface area contributed by atoms with Gasteiger partial charge in [-0.2, -0.15) is 0 Å². The molecule has 0 unspecified atom stereocenters. The average molecular weight is 294 g/mol. The zero-order chi connectivity index (χ0) is 14.9. The van der Waals surface area contributed by atoms with E-state index in [1.54, 1.807) is 0 Å². The van der Waals surface area contributed by atoms with E-state index in [0.29, 0.717) is 0 Å². The van der Waals surface area contributed by atoms with Gasteiger partial charge in [0.1, 0.15) is 0 Å². The molecule has 1 aromatic heterocycles. The molecule has 1 aliphatic rings. The number of aliphatic hydroxyl groups is 1. The average Bonchev–Trinajstić information content (AvgIpc) is 3.18. The molecule has 0 bridgehead atoms. The van der Waals surface area contributed by atoms with Gasteiger partial charge in [0, 0.05) is 34.9 Å². The highest BCUT2D eigenvalue weighted by Gasteiger charge is 2.14. The fourth-order valence-corrected chi connectivity index (χ4v) is 3.69. The van der Waals surface area contributed by atoms with Gasteiger partial charge in [-0.05, 0) is 49.7 Å². The number of para-hydroxylation sites is 1. The second-order valence-corrected chi connectivity index (χ2v) is 6.23. The topological polar surface area (TPSA) is 28.4 Å². The monoisotopic (exact) mass is 294 g/mol. The summed E-state index contributed by atoms with van der Waals surface area (Å²) >= 11 is 0. The Labute approximate surface area is 130 Å². The maximum Gasteiger partial charge on any atom is 0.0682 e. The van der Waals surface area contributed by atoms with E-state index in [1.807, 2.05) is 6.07 Å². The SMILES string of the molecule is OCc1ccc2c(c1)c1ccccc1n2CCN1CCCC1. The molecule has 1 saturated heterocycles. The van der Waals surface area contributed by atoms with E-state index in [-0.39, 0.29) is 6.61 Å². The lowest BCUT2D eigenvalue weighted by Crippen LogP contribution is -2.23. The van der Waals surface area contributed by atoms with E-state index in [9.17, 15) is 5.11 Å². The molecule has 3 heteroatoms. The van der Waals surface area contributed by atoms with E-state index in [0.717, 1.165) is 18.7 Å². The molecule has 0 amide bonds. The second-order valence-electron chi connectivity index (χ2n) is 6.23. The maximum atomic E-state index is 9.41. The van der Waals surface area contributed by atoms with E-state index in [2.05, 4.69) is 45.9 Å². The van der Waals surface area contributed by atoms with Crippen molar-refractivity contribution in [3.8, 4) is 0 Å². The molecule has 1 aliphatic heterocycles. The van der Waals surface area contributed by atoms with Crippen LogP contribution >= 0.6 is 0 Å². The molecule has 3 aromatic rings. The summed E-state index contributed by atoms with van der Waals surface area (Å²) < 4.78 is 2.43. The van der Waals surface area contributed by atoms with Crippen molar-refractivity contribution in [3.05, 3.63) is 48.0 Å². The molecule has 4 rings (SSSR count). The minimum Gasteiger partial charge on any atom is -0.392 e. The standard InChI is InChI=1S/C19H22N2O/c22-14-15-7-8-19-17(13-15)16-5-1-2-6-18(16)21(19)12-11-20-9-3-4-10-20/h1-2,5-8,13,22H,3-4,9-12,14H2. The highest BCUT2D eigenvalue weighted by molar-refractivity contribution is 6.08. The van der Waals surface area contributed by atoms with E-state index in [1.165, 1.54) is 47.7 Å². The van der Waals surface area contributed by atoms with Crippen LogP contribution in [0.15, 0.2) is 42.5 Å². The number of aromatic nitrogens is 1. The summed E-state index contributed by atoms with van der Waals surface area (Å²) in [7, 11) is 0. The molecular formula is C19H22N2O. The van der Waals surface area contributed by atoms with Crippen LogP contribution in [0.1, 0.15) is 18.4 Å². The zero-order valence-corrected chi connectivity index (χ0v) is 12.8. The molecule has 0 spiro atoms. The normalized spacial score (nSPS) is 16.0. The molecule has 2 heterocycles. The highest BCUT2D eigenvalue weighted by Crippen LogP contribution is 2.29. The van der Waals surface area contributed by atoms with Crippen molar-refractivity contribution in [1.29, 1.82) is 0 Å². The fourth-order valence-electron chi connectivity index (χ4n) is 3.69. The Kier molecular flexibility index (Phi) is 3.60. The molecule has 2 aromatic carbocycles. The summed E-state index contributed by atoms with van der Waals surface area (Å²) in [6.45, 7) is 4.73. The molecule has 0 atom stereocenters. The van der Waals surface area contributed by atoms with E-state index in [4.69, 9.17) is 0 Å². The van der Waals surface area contributed by atoms with Gasteiger partial charge in [-0.15, -0.1) is 0 Å². The largest absolute Gasteiger partial charge is 0.392 e. The zero-order valence-electron chi connectivity index (χ0n) is 12.8. The first-order chi connectivity index (χ1) is 10.9. The van der Waals surface area contributed by atoms with Crippen molar-refractivity contribution in [2.75, 3.05) is 19.6 Å². The Morgan fingerprint density at radius 3 is 2.45 bits per heavy atom. The third-order valence-corrected chi connectivity index (χ3v) is 4.86. The predicted octanol–water partition coefficient (Wildman–Crippen LogP) is 3.38. The molecule has 0 aliphatic carbocycles. The third-order valence-electron chi connectivity index (χ3n) is 4.86. The lowest BCUT2D eigenvalue weighted by atomic mass is 10.1. The van der Waals surface area contributed by atoms with Crippen LogP contribution in [-0.2, 0) is 13.2 Å². The molecule has 22 heavy (non-hydrogen) atoms. The fraction of sp³-hybridized carbons (Fsp3) is 0.368. The first-order valence-electron chi connectivity index (χ1n) is 8.20. The van der Waals surface area contributed by atoms with Crippen LogP contribution in [0.4, 0.5) is 0 Å². The Hall–Kier alpha value is -1.84. The Balaban J connectivity index is 1.79. The molecule has 3 nitrogen and oxygen atoms in total. The van der Waals surface area contributed by atoms with Gasteiger partial charge >= 0.3 is 0 Å². The Morgan fingerprint density at radius 2 is 1.64 bits per heavy atom. The molecule has 1 N–H and O–H groups in total. The minimum absolute atomic E-state index is 0.100. The number of rotatable bonds is 4. The van der Waals surface area contributed by atoms with Crippen LogP contribution < -0.4 is 0 Å². The van der Waals surface area contributed by atoms with Gasteiger partial charge in [-0.1, -0.05) is 24.3 Å². The van der Waals surface area contributed by atoms with Crippen molar-refractivity contribution in [1.82, 2.24) is 9.47 Å². The summed E-state index contributed by atoms with van der Waals surface area (Å²) in [5.74, 6) is 0. The van der Waals surface area contributed by atoms with Crippen molar-refractivity contribution >= 4 is 21.8 Å². The predicted molar refractivity (Wildman–Crippen MR) is 91.0 cm³/mol. The third kappa shape index (κ3) is 2.31. The summed E-state index contributed by atoms with van der Waals surface area (Å²) in [4.78, 5) is 2.56. The first-order valence-corrected chi connectivity index (χ1v) is 8.20. The number of nitrogens with zero attached hydrogens (tertiary/aromatic N) is 2. The highest BCUT2D eigenvalue weighted by atomic mass is 16.3. The van der Waals surface area contributed by atoms with Gasteiger partial charge in [0.2, 0.25) is 0 Å². The van der Waals surface area contributed by atoms with Crippen molar-refractivity contribution in [2.24, 2.45) is 0 Å². The number of aliphatic hydroxyl groups excluding tert-OH is 1. The van der Waals surface area contributed by atoms with Gasteiger partial charge in [0.25, 0.3) is 0 Å². The smallest absolute Gasteiger partial charge is 0.0682 e. The van der Waals surface area contributed by atoms with Gasteiger partial charge in [-0.25, -0.2) is 0 Å². The van der Waals surface area contributed by atoms with Crippen LogP contribution in [0.25, 0.3) is 21.8 Å². The molecule has 0 radical (unpaired) electrons. The second kappa shape index (κ2) is 5.75. The number of hydrogen-bond donors (Lipinski definition) is 1. The molecule has 114 valence electrons. The molecule has 1 fully saturated rings. The Bertz CT molecular complexity index is 800. The van der Waals surface area contributed by atoms with Crippen molar-refractivity contribution in [2.45, 2.75) is 26.0 Å². The van der Waals surface area contributed by atoms with E-state index >= 15 is 0 Å². The van der Waals surface area contributed by atoms with Gasteiger partial charge < -0.3 is 14.6 Å². The first kappa shape index (κ1) is 13.8. The number of fused-ring (bicyclic) bond motifs is 3. The van der Waals surface area contributed by atoms with Gasteiger partial charge in [0.05, 0.1) is 6.61 Å². The summed E-state index contributed by atoms with van der Waals surface area (Å²) in [5.41, 5.74) is 3.55. The number of benzene rings is 2. The lowest BCUT2D eigenvalue weighted by Gasteiger charge is -2.16. The number of likely N-dealkylation sites (tertiary alicyclic amines) is 1. The quantitative estimate of drug-likeness (QED) is 0.799. The molecule has 0 saturated carbocycles. The number of hydrogen-bond acceptors (Lipinski definition) is 2.